The van der Waals surface area contributed by atoms with Crippen LogP contribution in [0, 0.1) is 0 Å². The molecule has 0 atom stereocenters. The number of rotatable bonds is 8. The number of benzene rings is 2. The molecule has 0 spiro atoms. The molecular formula is C28H38N6O4. The average molecular weight is 523 g/mol. The lowest BCUT2D eigenvalue weighted by atomic mass is 9.98. The summed E-state index contributed by atoms with van der Waals surface area (Å²) in [6.07, 6.45) is 0. The van der Waals surface area contributed by atoms with E-state index in [4.69, 9.17) is 4.74 Å². The van der Waals surface area contributed by atoms with E-state index in [1.165, 1.54) is 6.07 Å². The molecule has 204 valence electrons. The number of ether oxygens (including phenoxy) is 1. The van der Waals surface area contributed by atoms with Gasteiger partial charge in [-0.1, -0.05) is 19.9 Å². The van der Waals surface area contributed by atoms with Gasteiger partial charge in [0.15, 0.2) is 5.82 Å². The van der Waals surface area contributed by atoms with Crippen molar-refractivity contribution in [1.29, 1.82) is 0 Å². The molecule has 0 radical (unpaired) electrons. The summed E-state index contributed by atoms with van der Waals surface area (Å²) >= 11 is 0. The number of phenols is 2. The number of carbonyl (C=O) groups is 1. The highest BCUT2D eigenvalue weighted by atomic mass is 16.5. The third-order valence-electron chi connectivity index (χ3n) is 6.78. The van der Waals surface area contributed by atoms with Gasteiger partial charge in [0.2, 0.25) is 5.82 Å². The molecule has 0 unspecified atom stereocenters. The third-order valence-corrected chi connectivity index (χ3v) is 6.78. The molecule has 2 heterocycles. The van der Waals surface area contributed by atoms with Crippen LogP contribution in [0.25, 0.3) is 17.1 Å². The highest BCUT2D eigenvalue weighted by molar-refractivity contribution is 5.92. The largest absolute Gasteiger partial charge is 0.508 e. The molecule has 4 rings (SSSR count). The van der Waals surface area contributed by atoms with Crippen LogP contribution >= 0.6 is 0 Å². The fourth-order valence-electron chi connectivity index (χ4n) is 4.67. The molecule has 10 nitrogen and oxygen atoms in total. The minimum Gasteiger partial charge on any atom is -0.508 e. The minimum absolute atomic E-state index is 0.00201. The number of nitrogens with one attached hydrogen (secondary N) is 1. The average Bonchev–Trinajstić information content (AvgIpc) is 3.29. The third kappa shape index (κ3) is 5.76. The zero-order valence-electron chi connectivity index (χ0n) is 23.0. The van der Waals surface area contributed by atoms with Gasteiger partial charge in [-0.2, -0.15) is 0 Å². The number of hydrogen-bond donors (Lipinski definition) is 3. The fourth-order valence-corrected chi connectivity index (χ4v) is 4.67. The van der Waals surface area contributed by atoms with Crippen LogP contribution in [0.3, 0.4) is 0 Å². The van der Waals surface area contributed by atoms with E-state index in [0.717, 1.165) is 38.3 Å². The molecule has 10 heteroatoms. The Labute approximate surface area is 223 Å². The normalized spacial score (nSPS) is 14.8. The van der Waals surface area contributed by atoms with Gasteiger partial charge in [0.05, 0.1) is 18.4 Å². The number of hydrogen-bond acceptors (Lipinski definition) is 8. The fraction of sp³-hybridized carbons (Fsp3) is 0.464. The van der Waals surface area contributed by atoms with Gasteiger partial charge in [0, 0.05) is 44.8 Å². The van der Waals surface area contributed by atoms with Crippen molar-refractivity contribution in [2.75, 3.05) is 40.3 Å². The number of likely N-dealkylation sites (N-methyl/N-ethyl adjacent to an activating group) is 1. The molecule has 0 saturated carbocycles. The second-order valence-electron chi connectivity index (χ2n) is 10.5. The lowest BCUT2D eigenvalue weighted by molar-refractivity contribution is 0.0930. The van der Waals surface area contributed by atoms with Crippen LogP contribution in [-0.2, 0) is 6.54 Å². The highest BCUT2D eigenvalue weighted by Crippen LogP contribution is 2.39. The van der Waals surface area contributed by atoms with Gasteiger partial charge < -0.3 is 25.2 Å². The van der Waals surface area contributed by atoms with E-state index in [2.05, 4.69) is 32.4 Å². The Morgan fingerprint density at radius 3 is 2.37 bits per heavy atom. The number of aromatic nitrogens is 3. The van der Waals surface area contributed by atoms with Crippen LogP contribution in [0.5, 0.6) is 17.2 Å². The number of piperazine rings is 1. The topological polar surface area (TPSA) is 116 Å². The maximum atomic E-state index is 13.2. The summed E-state index contributed by atoms with van der Waals surface area (Å²) in [5, 5.41) is 32.6. The van der Waals surface area contributed by atoms with E-state index < -0.39 is 5.91 Å². The highest BCUT2D eigenvalue weighted by Gasteiger charge is 2.27. The molecule has 1 aromatic heterocycles. The second-order valence-corrected chi connectivity index (χ2v) is 10.5. The molecule has 0 bridgehead atoms. The Kier molecular flexibility index (Phi) is 8.23. The summed E-state index contributed by atoms with van der Waals surface area (Å²) in [6.45, 7) is 12.5. The van der Waals surface area contributed by atoms with Crippen LogP contribution < -0.4 is 10.1 Å². The number of phenolic OH excluding ortho intramolecular Hbond substituents is 2. The Hall–Kier alpha value is -3.63. The zero-order chi connectivity index (χ0) is 27.6. The van der Waals surface area contributed by atoms with Crippen molar-refractivity contribution in [2.24, 2.45) is 0 Å². The monoisotopic (exact) mass is 522 g/mol. The van der Waals surface area contributed by atoms with E-state index >= 15 is 0 Å². The summed E-state index contributed by atoms with van der Waals surface area (Å²) < 4.78 is 7.40. The summed E-state index contributed by atoms with van der Waals surface area (Å²) in [5.74, 6) is 0.319. The van der Waals surface area contributed by atoms with Crippen molar-refractivity contribution in [1.82, 2.24) is 29.9 Å². The first-order valence-electron chi connectivity index (χ1n) is 13.0. The summed E-state index contributed by atoms with van der Waals surface area (Å²) in [4.78, 5) is 17.9. The quantitative estimate of drug-likeness (QED) is 0.413. The molecule has 0 aliphatic carbocycles. The molecular weight excluding hydrogens is 484 g/mol. The molecule has 1 amide bonds. The van der Waals surface area contributed by atoms with E-state index in [9.17, 15) is 15.0 Å². The van der Waals surface area contributed by atoms with Crippen LogP contribution in [0.1, 0.15) is 55.4 Å². The van der Waals surface area contributed by atoms with Crippen LogP contribution in [-0.4, -0.2) is 87.1 Å². The van der Waals surface area contributed by atoms with Crippen LogP contribution in [0.2, 0.25) is 0 Å². The van der Waals surface area contributed by atoms with Gasteiger partial charge >= 0.3 is 0 Å². The van der Waals surface area contributed by atoms with Gasteiger partial charge in [-0.05, 0) is 56.1 Å². The van der Waals surface area contributed by atoms with Crippen molar-refractivity contribution in [3.05, 3.63) is 47.3 Å². The lowest BCUT2D eigenvalue weighted by Gasteiger charge is -2.32. The molecule has 2 aromatic carbocycles. The Morgan fingerprint density at radius 2 is 1.74 bits per heavy atom. The Bertz CT molecular complexity index is 1290. The first-order valence-corrected chi connectivity index (χ1v) is 13.0. The number of methoxy groups -OCH3 is 1. The Morgan fingerprint density at radius 1 is 1.03 bits per heavy atom. The van der Waals surface area contributed by atoms with Crippen LogP contribution in [0.4, 0.5) is 0 Å². The van der Waals surface area contributed by atoms with E-state index in [1.54, 1.807) is 17.7 Å². The molecule has 3 aromatic rings. The number of amides is 1. The van der Waals surface area contributed by atoms with Crippen molar-refractivity contribution in [2.45, 2.75) is 46.2 Å². The zero-order valence-corrected chi connectivity index (χ0v) is 23.0. The predicted octanol–water partition coefficient (Wildman–Crippen LogP) is 3.36. The van der Waals surface area contributed by atoms with Crippen molar-refractivity contribution >= 4 is 5.91 Å². The van der Waals surface area contributed by atoms with E-state index in [0.29, 0.717) is 22.6 Å². The molecule has 1 aliphatic rings. The molecule has 1 aliphatic heterocycles. The van der Waals surface area contributed by atoms with Crippen molar-refractivity contribution in [3.63, 3.8) is 0 Å². The minimum atomic E-state index is -0.398. The predicted molar refractivity (Wildman–Crippen MR) is 146 cm³/mol. The molecule has 1 fully saturated rings. The smallest absolute Gasteiger partial charge is 0.289 e. The number of nitrogens with zero attached hydrogens (tertiary/aromatic N) is 5. The number of carbonyl (C=O) groups excluding carboxylic acids is 1. The SMILES string of the molecule is COc1cc(CN2CCN(C)CC2)ccc1-n1c(C(=O)NC(C)C)nnc1-c1cc(C(C)C)c(O)cc1O. The van der Waals surface area contributed by atoms with Crippen molar-refractivity contribution in [3.8, 4) is 34.3 Å². The second kappa shape index (κ2) is 11.4. The first kappa shape index (κ1) is 27.4. The number of aromatic hydroxyl groups is 2. The van der Waals surface area contributed by atoms with E-state index in [1.807, 2.05) is 45.9 Å². The van der Waals surface area contributed by atoms with Gasteiger partial charge in [0.25, 0.3) is 5.91 Å². The van der Waals surface area contributed by atoms with E-state index in [-0.39, 0.29) is 35.1 Å². The first-order chi connectivity index (χ1) is 18.1. The van der Waals surface area contributed by atoms with Crippen LogP contribution in [0.15, 0.2) is 30.3 Å². The van der Waals surface area contributed by atoms with Gasteiger partial charge in [-0.25, -0.2) is 0 Å². The maximum absolute atomic E-state index is 13.2. The maximum Gasteiger partial charge on any atom is 0.289 e. The molecule has 38 heavy (non-hydrogen) atoms. The van der Waals surface area contributed by atoms with Gasteiger partial charge in [0.1, 0.15) is 17.2 Å². The standard InChI is InChI=1S/C28H38N6O4/c1-17(2)20-14-21(24(36)15-23(20)35)26-30-31-27(28(37)29-18(3)4)34(26)22-8-7-19(13-25(22)38-6)16-33-11-9-32(5)10-12-33/h7-8,13-15,17-18,35-36H,9-12,16H2,1-6H3,(H,29,37). The summed E-state index contributed by atoms with van der Waals surface area (Å²) in [5.41, 5.74) is 2.66. The van der Waals surface area contributed by atoms with Gasteiger partial charge in [-0.15, -0.1) is 10.2 Å². The Balaban J connectivity index is 1.83. The molecule has 3 N–H and O–H groups in total. The summed E-state index contributed by atoms with van der Waals surface area (Å²) in [6, 6.07) is 8.75. The van der Waals surface area contributed by atoms with Gasteiger partial charge in [-0.3, -0.25) is 14.3 Å². The molecule has 1 saturated heterocycles. The van der Waals surface area contributed by atoms with Crippen molar-refractivity contribution < 1.29 is 19.7 Å². The lowest BCUT2D eigenvalue weighted by Crippen LogP contribution is -2.43. The summed E-state index contributed by atoms with van der Waals surface area (Å²) in [7, 11) is 3.72.